The number of benzene rings is 3. The summed E-state index contributed by atoms with van der Waals surface area (Å²) in [6.07, 6.45) is 8.45. The standard InChI is InChI=1S/3C13H11NO3.Eu/c3*15-11-5-1-3-9-7-8-10(14-13(9)11)4-2-6-12(16)17;/h3*1-3,5-8,15H,4H2,(H,16,17);/q;;;+3/p-3. The summed E-state index contributed by atoms with van der Waals surface area (Å²) in [5.74, 6) is -3.33. The molecule has 0 aliphatic rings. The number of para-hydroxylation sites is 3. The van der Waals surface area contributed by atoms with Gasteiger partial charge < -0.3 is 45.0 Å². The fraction of sp³-hybridized carbons (Fsp3) is 0.0769. The van der Waals surface area contributed by atoms with Crippen molar-refractivity contribution in [2.45, 2.75) is 19.3 Å². The Morgan fingerprint density at radius 3 is 0.981 bits per heavy atom. The number of phenols is 3. The molecule has 0 aliphatic carbocycles. The first-order valence-electron chi connectivity index (χ1n) is 15.4. The Hall–Kier alpha value is -5.50. The molecule has 0 amide bonds. The van der Waals surface area contributed by atoms with E-state index in [0.29, 0.717) is 52.9 Å². The van der Waals surface area contributed by atoms with E-state index in [1.54, 1.807) is 54.6 Å². The van der Waals surface area contributed by atoms with Crippen molar-refractivity contribution in [3.05, 3.63) is 145 Å². The molecule has 12 nitrogen and oxygen atoms in total. The van der Waals surface area contributed by atoms with Gasteiger partial charge in [0.25, 0.3) is 0 Å². The monoisotopic (exact) mass is 837 g/mol. The summed E-state index contributed by atoms with van der Waals surface area (Å²) in [5, 5.41) is 62.0. The van der Waals surface area contributed by atoms with Crippen LogP contribution < -0.4 is 15.3 Å². The van der Waals surface area contributed by atoms with Gasteiger partial charge in [0.1, 0.15) is 33.8 Å². The van der Waals surface area contributed by atoms with Crippen molar-refractivity contribution in [2.75, 3.05) is 0 Å². The van der Waals surface area contributed by atoms with Gasteiger partial charge in [-0.2, -0.15) is 0 Å². The molecule has 3 aromatic heterocycles. The quantitative estimate of drug-likeness (QED) is 0.179. The van der Waals surface area contributed by atoms with E-state index in [9.17, 15) is 45.0 Å². The Balaban J connectivity index is 0.000000208. The minimum atomic E-state index is -1.23. The molecule has 0 bridgehead atoms. The van der Waals surface area contributed by atoms with Crippen molar-refractivity contribution in [1.29, 1.82) is 0 Å². The van der Waals surface area contributed by atoms with E-state index in [1.807, 2.05) is 36.4 Å². The number of carboxylic acids is 3. The number of aromatic nitrogens is 3. The first-order valence-corrected chi connectivity index (χ1v) is 15.4. The molecule has 13 heteroatoms. The Kier molecular flexibility index (Phi) is 16.0. The number of rotatable bonds is 9. The van der Waals surface area contributed by atoms with Crippen molar-refractivity contribution in [2.24, 2.45) is 0 Å². The number of aromatic hydroxyl groups is 3. The van der Waals surface area contributed by atoms with Crippen LogP contribution in [0.2, 0.25) is 0 Å². The van der Waals surface area contributed by atoms with Crippen LogP contribution in [0.4, 0.5) is 0 Å². The zero-order valence-corrected chi connectivity index (χ0v) is 29.7. The molecule has 3 aromatic carbocycles. The van der Waals surface area contributed by atoms with Crippen molar-refractivity contribution in [3.63, 3.8) is 0 Å². The topological polar surface area (TPSA) is 220 Å². The molecule has 0 unspecified atom stereocenters. The van der Waals surface area contributed by atoms with Crippen LogP contribution in [-0.2, 0) is 33.6 Å². The van der Waals surface area contributed by atoms with Crippen LogP contribution in [0.5, 0.6) is 17.2 Å². The predicted octanol–water partition coefficient (Wildman–Crippen LogP) is 2.37. The maximum atomic E-state index is 10.2. The Bertz CT molecular complexity index is 2030. The molecule has 0 spiro atoms. The number of phenolic OH excluding ortho intramolecular Hbond substituents is 3. The first kappa shape index (κ1) is 40.9. The smallest absolute Gasteiger partial charge is 0.545 e. The first-order chi connectivity index (χ1) is 24.5. The molecule has 3 N–H and O–H groups in total. The maximum Gasteiger partial charge on any atom is 3.00 e. The number of aliphatic carboxylic acids is 3. The van der Waals surface area contributed by atoms with Crippen LogP contribution in [-0.4, -0.2) is 48.2 Å². The molecule has 0 fully saturated rings. The molecule has 0 atom stereocenters. The second-order valence-electron chi connectivity index (χ2n) is 10.7. The van der Waals surface area contributed by atoms with Gasteiger partial charge in [-0.15, -0.1) is 0 Å². The summed E-state index contributed by atoms with van der Waals surface area (Å²) in [6, 6.07) is 26.4. The number of fused-ring (bicyclic) bond motifs is 3. The van der Waals surface area contributed by atoms with Crippen molar-refractivity contribution in [1.82, 2.24) is 15.0 Å². The summed E-state index contributed by atoms with van der Waals surface area (Å²) in [5.41, 5.74) is 3.63. The van der Waals surface area contributed by atoms with E-state index in [-0.39, 0.29) is 66.6 Å². The fourth-order valence-corrected chi connectivity index (χ4v) is 4.68. The van der Waals surface area contributed by atoms with Crippen LogP contribution in [0.15, 0.2) is 127 Å². The van der Waals surface area contributed by atoms with Gasteiger partial charge in [0, 0.05) is 52.5 Å². The van der Waals surface area contributed by atoms with Crippen molar-refractivity contribution < 1.29 is 94.4 Å². The van der Waals surface area contributed by atoms with Crippen LogP contribution >= 0.6 is 0 Å². The minimum absolute atomic E-state index is 0. The van der Waals surface area contributed by atoms with Gasteiger partial charge in [0.2, 0.25) is 0 Å². The average Bonchev–Trinajstić information content (AvgIpc) is 3.09. The molecule has 6 aromatic rings. The van der Waals surface area contributed by atoms with Crippen LogP contribution in [0.25, 0.3) is 32.7 Å². The van der Waals surface area contributed by atoms with Gasteiger partial charge in [-0.25, -0.2) is 15.0 Å². The van der Waals surface area contributed by atoms with E-state index in [4.69, 9.17) is 0 Å². The van der Waals surface area contributed by atoms with E-state index in [1.165, 1.54) is 18.2 Å². The summed E-state index contributed by atoms with van der Waals surface area (Å²) < 4.78 is 0. The number of nitrogens with zero attached hydrogens (tertiary/aromatic N) is 3. The minimum Gasteiger partial charge on any atom is -0.545 e. The largest absolute Gasteiger partial charge is 3.00 e. The summed E-state index contributed by atoms with van der Waals surface area (Å²) in [6.45, 7) is 0. The van der Waals surface area contributed by atoms with E-state index >= 15 is 0 Å². The van der Waals surface area contributed by atoms with Crippen LogP contribution in [0.3, 0.4) is 0 Å². The van der Waals surface area contributed by atoms with Crippen LogP contribution in [0.1, 0.15) is 17.1 Å². The molecule has 3 heterocycles. The summed E-state index contributed by atoms with van der Waals surface area (Å²) >= 11 is 0. The molecule has 0 saturated carbocycles. The molecule has 6 rings (SSSR count). The number of hydrogen-bond acceptors (Lipinski definition) is 12. The zero-order valence-electron chi connectivity index (χ0n) is 27.3. The molecule has 262 valence electrons. The van der Waals surface area contributed by atoms with Crippen molar-refractivity contribution >= 4 is 50.6 Å². The molecule has 52 heavy (non-hydrogen) atoms. The number of hydrogen-bond donors (Lipinski definition) is 3. The summed E-state index contributed by atoms with van der Waals surface area (Å²) in [7, 11) is 0. The van der Waals surface area contributed by atoms with Gasteiger partial charge in [0.15, 0.2) is 0 Å². The third-order valence-corrected chi connectivity index (χ3v) is 7.01. The second kappa shape index (κ2) is 20.4. The fourth-order valence-electron chi connectivity index (χ4n) is 4.68. The number of allylic oxidation sites excluding steroid dienone is 3. The van der Waals surface area contributed by atoms with E-state index < -0.39 is 17.9 Å². The molecular weight excluding hydrogens is 806 g/mol. The molecule has 0 radical (unpaired) electrons. The maximum absolute atomic E-state index is 10.2. The Labute approximate surface area is 338 Å². The average molecular weight is 837 g/mol. The van der Waals surface area contributed by atoms with E-state index in [2.05, 4.69) is 15.0 Å². The normalized spacial score (nSPS) is 10.8. The van der Waals surface area contributed by atoms with Gasteiger partial charge in [-0.1, -0.05) is 72.8 Å². The molecule has 0 aliphatic heterocycles. The number of carbonyl (C=O) groups excluding carboxylic acids is 3. The van der Waals surface area contributed by atoms with Gasteiger partial charge in [0.05, 0.1) is 17.9 Å². The van der Waals surface area contributed by atoms with Crippen molar-refractivity contribution in [3.8, 4) is 17.2 Å². The predicted molar refractivity (Wildman–Crippen MR) is 184 cm³/mol. The van der Waals surface area contributed by atoms with Crippen LogP contribution in [0, 0.1) is 49.4 Å². The van der Waals surface area contributed by atoms with Gasteiger partial charge in [-0.05, 0) is 54.6 Å². The Morgan fingerprint density at radius 2 is 0.731 bits per heavy atom. The third kappa shape index (κ3) is 12.7. The molecular formula is C39H30EuN3O9. The Morgan fingerprint density at radius 1 is 0.462 bits per heavy atom. The summed E-state index contributed by atoms with van der Waals surface area (Å²) in [4.78, 5) is 43.4. The number of carboxylic acid groups (broad SMARTS) is 3. The third-order valence-electron chi connectivity index (χ3n) is 7.01. The molecule has 0 saturated heterocycles. The van der Waals surface area contributed by atoms with Gasteiger partial charge in [-0.3, -0.25) is 0 Å². The zero-order chi connectivity index (χ0) is 36.8. The SMILES string of the molecule is O=C([O-])C=CCc1ccc2cccc(O)c2n1.O=C([O-])C=CCc1ccc2cccc(O)c2n1.O=C([O-])C=CCc1ccc2cccc(O)c2n1.[Eu+3]. The van der Waals surface area contributed by atoms with E-state index in [0.717, 1.165) is 34.4 Å². The number of carbonyl (C=O) groups is 3. The van der Waals surface area contributed by atoms with Gasteiger partial charge >= 0.3 is 49.4 Å². The second-order valence-corrected chi connectivity index (χ2v) is 10.7. The number of pyridine rings is 3.